The summed E-state index contributed by atoms with van der Waals surface area (Å²) in [6, 6.07) is 0. The van der Waals surface area contributed by atoms with Crippen molar-refractivity contribution in [3.8, 4) is 0 Å². The van der Waals surface area contributed by atoms with Crippen LogP contribution in [0.3, 0.4) is 0 Å². The molecule has 1 unspecified atom stereocenters. The van der Waals surface area contributed by atoms with E-state index >= 15 is 0 Å². The molecule has 0 spiro atoms. The zero-order valence-corrected chi connectivity index (χ0v) is 13.9. The summed E-state index contributed by atoms with van der Waals surface area (Å²) in [5.74, 6) is 0. The molecule has 0 fully saturated rings. The van der Waals surface area contributed by atoms with Gasteiger partial charge in [0, 0.05) is 0 Å². The van der Waals surface area contributed by atoms with E-state index in [1.54, 1.807) is 0 Å². The minimum atomic E-state index is -0.600. The van der Waals surface area contributed by atoms with Gasteiger partial charge in [-0.25, -0.2) is 0 Å². The quantitative estimate of drug-likeness (QED) is 0.289. The van der Waals surface area contributed by atoms with Gasteiger partial charge in [-0.1, -0.05) is 96.8 Å². The standard InChI is InChI=1S/C18H39NO/c1-2-3-4-5-6-7-8-9-10-11-12-13-14-15-16-17-18(19)20/h18,20H,2-17,19H2,1H3. The summed E-state index contributed by atoms with van der Waals surface area (Å²) in [6.45, 7) is 2.28. The Kier molecular flexibility index (Phi) is 16.9. The van der Waals surface area contributed by atoms with Gasteiger partial charge in [-0.05, 0) is 12.8 Å². The Hall–Kier alpha value is -0.0800. The third kappa shape index (κ3) is 17.9. The van der Waals surface area contributed by atoms with Crippen molar-refractivity contribution in [2.45, 2.75) is 116 Å². The molecule has 1 atom stereocenters. The summed E-state index contributed by atoms with van der Waals surface area (Å²) in [7, 11) is 0. The van der Waals surface area contributed by atoms with Gasteiger partial charge in [0.1, 0.15) is 6.23 Å². The molecule has 0 aromatic carbocycles. The maximum absolute atomic E-state index is 8.93. The largest absolute Gasteiger partial charge is 0.379 e. The lowest BCUT2D eigenvalue weighted by Gasteiger charge is -2.04. The fourth-order valence-corrected chi connectivity index (χ4v) is 2.72. The molecule has 0 heterocycles. The van der Waals surface area contributed by atoms with Crippen molar-refractivity contribution in [1.82, 2.24) is 0 Å². The Morgan fingerprint density at radius 2 is 0.900 bits per heavy atom. The summed E-state index contributed by atoms with van der Waals surface area (Å²) in [4.78, 5) is 0. The fourth-order valence-electron chi connectivity index (χ4n) is 2.72. The third-order valence-corrected chi connectivity index (χ3v) is 4.10. The van der Waals surface area contributed by atoms with Gasteiger partial charge in [-0.3, -0.25) is 0 Å². The van der Waals surface area contributed by atoms with Gasteiger partial charge in [0.2, 0.25) is 0 Å². The molecule has 0 saturated heterocycles. The molecule has 0 aliphatic rings. The van der Waals surface area contributed by atoms with Crippen LogP contribution in [0.4, 0.5) is 0 Å². The minimum absolute atomic E-state index is 0.600. The Labute approximate surface area is 127 Å². The molecule has 2 heteroatoms. The molecule has 0 radical (unpaired) electrons. The molecule has 0 saturated carbocycles. The lowest BCUT2D eigenvalue weighted by Crippen LogP contribution is -2.17. The SMILES string of the molecule is CCCCCCCCCCCCCCCCCC(N)O. The number of nitrogens with two attached hydrogens (primary N) is 1. The van der Waals surface area contributed by atoms with E-state index in [4.69, 9.17) is 10.8 Å². The maximum Gasteiger partial charge on any atom is 0.102 e. The average molecular weight is 286 g/mol. The van der Waals surface area contributed by atoms with Gasteiger partial charge in [0.15, 0.2) is 0 Å². The van der Waals surface area contributed by atoms with Gasteiger partial charge < -0.3 is 10.8 Å². The van der Waals surface area contributed by atoms with Gasteiger partial charge >= 0.3 is 0 Å². The molecule has 0 aliphatic carbocycles. The first-order valence-corrected chi connectivity index (χ1v) is 9.21. The van der Waals surface area contributed by atoms with Crippen molar-refractivity contribution in [1.29, 1.82) is 0 Å². The van der Waals surface area contributed by atoms with Crippen LogP contribution in [-0.4, -0.2) is 11.3 Å². The molecular weight excluding hydrogens is 246 g/mol. The van der Waals surface area contributed by atoms with Crippen LogP contribution in [-0.2, 0) is 0 Å². The van der Waals surface area contributed by atoms with E-state index in [9.17, 15) is 0 Å². The number of aliphatic hydroxyl groups is 1. The second-order valence-corrected chi connectivity index (χ2v) is 6.31. The van der Waals surface area contributed by atoms with E-state index < -0.39 is 6.23 Å². The van der Waals surface area contributed by atoms with Crippen LogP contribution in [0, 0.1) is 0 Å². The van der Waals surface area contributed by atoms with Gasteiger partial charge in [-0.15, -0.1) is 0 Å². The molecule has 20 heavy (non-hydrogen) atoms. The van der Waals surface area contributed by atoms with Crippen molar-refractivity contribution < 1.29 is 5.11 Å². The van der Waals surface area contributed by atoms with Crippen molar-refractivity contribution in [2.75, 3.05) is 0 Å². The summed E-state index contributed by atoms with van der Waals surface area (Å²) in [5, 5.41) is 8.93. The number of unbranched alkanes of at least 4 members (excludes halogenated alkanes) is 14. The smallest absolute Gasteiger partial charge is 0.102 e. The highest BCUT2D eigenvalue weighted by Gasteiger charge is 1.96. The van der Waals surface area contributed by atoms with E-state index in [2.05, 4.69) is 6.92 Å². The molecule has 0 aromatic heterocycles. The monoisotopic (exact) mass is 285 g/mol. The van der Waals surface area contributed by atoms with Crippen molar-refractivity contribution in [3.63, 3.8) is 0 Å². The predicted octanol–water partition coefficient (Wildman–Crippen LogP) is 5.53. The Morgan fingerprint density at radius 1 is 0.600 bits per heavy atom. The summed E-state index contributed by atoms with van der Waals surface area (Å²) >= 11 is 0. The van der Waals surface area contributed by atoms with Crippen LogP contribution in [0.25, 0.3) is 0 Å². The lowest BCUT2D eigenvalue weighted by molar-refractivity contribution is 0.168. The lowest BCUT2D eigenvalue weighted by atomic mass is 10.0. The van der Waals surface area contributed by atoms with Crippen LogP contribution in [0.1, 0.15) is 110 Å². The van der Waals surface area contributed by atoms with Crippen LogP contribution in [0.5, 0.6) is 0 Å². The molecule has 0 aromatic rings. The van der Waals surface area contributed by atoms with E-state index in [1.165, 1.54) is 89.9 Å². The molecule has 122 valence electrons. The predicted molar refractivity (Wildman–Crippen MR) is 89.7 cm³/mol. The molecular formula is C18H39NO. The summed E-state index contributed by atoms with van der Waals surface area (Å²) in [5.41, 5.74) is 5.30. The molecule has 0 amide bonds. The zero-order valence-electron chi connectivity index (χ0n) is 13.9. The van der Waals surface area contributed by atoms with Crippen LogP contribution < -0.4 is 5.73 Å². The Morgan fingerprint density at radius 3 is 1.20 bits per heavy atom. The first-order valence-electron chi connectivity index (χ1n) is 9.21. The first-order chi connectivity index (χ1) is 9.77. The summed E-state index contributed by atoms with van der Waals surface area (Å²) < 4.78 is 0. The minimum Gasteiger partial charge on any atom is -0.379 e. The number of aliphatic hydroxyl groups excluding tert-OH is 1. The van der Waals surface area contributed by atoms with Crippen LogP contribution >= 0.6 is 0 Å². The van der Waals surface area contributed by atoms with Crippen molar-refractivity contribution >= 4 is 0 Å². The highest BCUT2D eigenvalue weighted by molar-refractivity contribution is 4.51. The van der Waals surface area contributed by atoms with Gasteiger partial charge in [0.25, 0.3) is 0 Å². The zero-order chi connectivity index (χ0) is 14.9. The number of rotatable bonds is 16. The van der Waals surface area contributed by atoms with E-state index in [1.807, 2.05) is 0 Å². The topological polar surface area (TPSA) is 46.2 Å². The van der Waals surface area contributed by atoms with Gasteiger partial charge in [0.05, 0.1) is 0 Å². The maximum atomic E-state index is 8.93. The highest BCUT2D eigenvalue weighted by Crippen LogP contribution is 2.13. The van der Waals surface area contributed by atoms with Gasteiger partial charge in [-0.2, -0.15) is 0 Å². The Balaban J connectivity index is 2.92. The van der Waals surface area contributed by atoms with E-state index in [-0.39, 0.29) is 0 Å². The second kappa shape index (κ2) is 17.0. The molecule has 3 N–H and O–H groups in total. The first kappa shape index (κ1) is 19.9. The molecule has 0 bridgehead atoms. The van der Waals surface area contributed by atoms with E-state index in [0.29, 0.717) is 0 Å². The average Bonchev–Trinajstić information content (AvgIpc) is 2.43. The van der Waals surface area contributed by atoms with Crippen molar-refractivity contribution in [2.24, 2.45) is 5.73 Å². The normalized spacial score (nSPS) is 12.8. The van der Waals surface area contributed by atoms with Crippen LogP contribution in [0.15, 0.2) is 0 Å². The number of hydrogen-bond donors (Lipinski definition) is 2. The molecule has 2 nitrogen and oxygen atoms in total. The van der Waals surface area contributed by atoms with Crippen molar-refractivity contribution in [3.05, 3.63) is 0 Å². The number of hydrogen-bond acceptors (Lipinski definition) is 2. The fraction of sp³-hybridized carbons (Fsp3) is 1.00. The van der Waals surface area contributed by atoms with Crippen LogP contribution in [0.2, 0.25) is 0 Å². The molecule has 0 aliphatic heterocycles. The third-order valence-electron chi connectivity index (χ3n) is 4.10. The second-order valence-electron chi connectivity index (χ2n) is 6.31. The highest BCUT2D eigenvalue weighted by atomic mass is 16.3. The summed E-state index contributed by atoms with van der Waals surface area (Å²) in [6.07, 6.45) is 20.8. The Bertz CT molecular complexity index is 171. The molecule has 0 rings (SSSR count). The van der Waals surface area contributed by atoms with E-state index in [0.717, 1.165) is 12.8 Å².